The summed E-state index contributed by atoms with van der Waals surface area (Å²) in [5.74, 6) is 1.77. The Balaban J connectivity index is 0.836. The van der Waals surface area contributed by atoms with Crippen molar-refractivity contribution >= 4 is 43.8 Å². The summed E-state index contributed by atoms with van der Waals surface area (Å²) in [7, 11) is 0. The van der Waals surface area contributed by atoms with E-state index in [-0.39, 0.29) is 18.8 Å². The van der Waals surface area contributed by atoms with E-state index in [4.69, 9.17) is 14.2 Å². The lowest BCUT2D eigenvalue weighted by Gasteiger charge is -2.24. The Morgan fingerprint density at radius 3 is 2.55 bits per heavy atom. The minimum absolute atomic E-state index is 0.170. The number of hydrogen-bond donors (Lipinski definition) is 4. The zero-order chi connectivity index (χ0) is 31.9. The topological polar surface area (TPSA) is 127 Å². The molecule has 8 rings (SSSR count). The normalized spacial score (nSPS) is 18.7. The summed E-state index contributed by atoms with van der Waals surface area (Å²) in [5, 5.41) is 34.1. The Hall–Kier alpha value is -4.74. The lowest BCUT2D eigenvalue weighted by molar-refractivity contribution is -0.0459. The van der Waals surface area contributed by atoms with Crippen LogP contribution in [0.4, 0.5) is 11.5 Å². The number of aliphatic hydroxyl groups excluding tert-OH is 2. The highest BCUT2D eigenvalue weighted by molar-refractivity contribution is 6.23. The van der Waals surface area contributed by atoms with Gasteiger partial charge in [-0.1, -0.05) is 60.7 Å². The second-order valence-corrected chi connectivity index (χ2v) is 12.3. The number of benzene rings is 5. The molecule has 1 fully saturated rings. The first-order chi connectivity index (χ1) is 23.1. The van der Waals surface area contributed by atoms with Gasteiger partial charge in [0.25, 0.3) is 0 Å². The zero-order valence-corrected chi connectivity index (χ0v) is 25.8. The number of nitrogens with one attached hydrogen (secondary N) is 2. The minimum atomic E-state index is -0.868. The van der Waals surface area contributed by atoms with Crippen LogP contribution in [0.25, 0.3) is 32.3 Å². The Morgan fingerprint density at radius 2 is 1.72 bits per heavy atom. The van der Waals surface area contributed by atoms with Gasteiger partial charge in [0.05, 0.1) is 18.9 Å². The SMILES string of the molecule is O=c1nc2c(cn1[C@H]1C[C@H](O)[C@@H](CO)O1)Oc1cccc(OCCNCCCCc3ccc4ccc5cccc6ccc3c4c56)c1N2. The molecule has 10 heteroatoms. The lowest BCUT2D eigenvalue weighted by Crippen LogP contribution is -2.29. The van der Waals surface area contributed by atoms with Crippen molar-refractivity contribution < 1.29 is 24.4 Å². The molecule has 3 atom stereocenters. The number of ether oxygens (including phenoxy) is 3. The summed E-state index contributed by atoms with van der Waals surface area (Å²) in [6.07, 6.45) is 2.51. The van der Waals surface area contributed by atoms with Crippen LogP contribution in [0, 0.1) is 0 Å². The maximum Gasteiger partial charge on any atom is 0.351 e. The van der Waals surface area contributed by atoms with E-state index < -0.39 is 24.1 Å². The van der Waals surface area contributed by atoms with Crippen molar-refractivity contribution in [2.45, 2.75) is 44.1 Å². The van der Waals surface area contributed by atoms with Crippen LogP contribution in [0.1, 0.15) is 31.1 Å². The van der Waals surface area contributed by atoms with E-state index in [1.807, 2.05) is 18.2 Å². The van der Waals surface area contributed by atoms with Gasteiger partial charge in [-0.25, -0.2) is 4.79 Å². The first-order valence-corrected chi connectivity index (χ1v) is 16.2. The van der Waals surface area contributed by atoms with Crippen LogP contribution < -0.4 is 25.8 Å². The Kier molecular flexibility index (Phi) is 7.86. The molecule has 47 heavy (non-hydrogen) atoms. The van der Waals surface area contributed by atoms with E-state index in [2.05, 4.69) is 70.2 Å². The summed E-state index contributed by atoms with van der Waals surface area (Å²) in [6, 6.07) is 25.6. The van der Waals surface area contributed by atoms with Gasteiger partial charge in [0.2, 0.25) is 0 Å². The molecule has 0 bridgehead atoms. The zero-order valence-electron chi connectivity index (χ0n) is 25.8. The van der Waals surface area contributed by atoms with Gasteiger partial charge in [0.15, 0.2) is 17.3 Å². The van der Waals surface area contributed by atoms with Crippen LogP contribution in [0.5, 0.6) is 17.2 Å². The van der Waals surface area contributed by atoms with Gasteiger partial charge in [-0.05, 0) is 75.8 Å². The number of aryl methyl sites for hydroxylation is 1. The van der Waals surface area contributed by atoms with Crippen LogP contribution in [-0.4, -0.2) is 58.3 Å². The first-order valence-electron chi connectivity index (χ1n) is 16.2. The Labute approximate surface area is 270 Å². The van der Waals surface area contributed by atoms with E-state index in [1.165, 1.54) is 48.6 Å². The number of hydrogen-bond acceptors (Lipinski definition) is 9. The van der Waals surface area contributed by atoms with Crippen molar-refractivity contribution in [2.24, 2.45) is 0 Å². The maximum atomic E-state index is 12.8. The number of para-hydroxylation sites is 1. The summed E-state index contributed by atoms with van der Waals surface area (Å²) < 4.78 is 19.1. The molecule has 2 aliphatic heterocycles. The fraction of sp³-hybridized carbons (Fsp3) is 0.297. The largest absolute Gasteiger partial charge is 0.490 e. The van der Waals surface area contributed by atoms with Gasteiger partial charge in [-0.15, -0.1) is 0 Å². The second-order valence-electron chi connectivity index (χ2n) is 12.3. The monoisotopic (exact) mass is 632 g/mol. The number of nitrogens with zero attached hydrogens (tertiary/aromatic N) is 2. The molecule has 240 valence electrons. The molecule has 6 aromatic rings. The molecule has 1 aromatic heterocycles. The Morgan fingerprint density at radius 1 is 0.936 bits per heavy atom. The average Bonchev–Trinajstić information content (AvgIpc) is 3.47. The first kappa shape index (κ1) is 29.6. The summed E-state index contributed by atoms with van der Waals surface area (Å²) in [5.41, 5.74) is 1.45. The summed E-state index contributed by atoms with van der Waals surface area (Å²) in [4.78, 5) is 17.0. The van der Waals surface area contributed by atoms with Crippen molar-refractivity contribution in [1.82, 2.24) is 14.9 Å². The van der Waals surface area contributed by atoms with Gasteiger partial charge in [0.1, 0.15) is 30.4 Å². The highest BCUT2D eigenvalue weighted by atomic mass is 16.5. The lowest BCUT2D eigenvalue weighted by atomic mass is 9.90. The predicted octanol–water partition coefficient (Wildman–Crippen LogP) is 5.62. The number of aliphatic hydroxyl groups is 2. The van der Waals surface area contributed by atoms with Crippen LogP contribution >= 0.6 is 0 Å². The van der Waals surface area contributed by atoms with Crippen molar-refractivity contribution in [1.29, 1.82) is 0 Å². The highest BCUT2D eigenvalue weighted by Gasteiger charge is 2.36. The molecule has 0 radical (unpaired) electrons. The van der Waals surface area contributed by atoms with Gasteiger partial charge >= 0.3 is 5.69 Å². The van der Waals surface area contributed by atoms with Gasteiger partial charge in [-0.3, -0.25) is 4.57 Å². The highest BCUT2D eigenvalue weighted by Crippen LogP contribution is 2.45. The quantitative estimate of drug-likeness (QED) is 0.106. The van der Waals surface area contributed by atoms with Crippen molar-refractivity contribution in [3.63, 3.8) is 0 Å². The molecule has 4 N–H and O–H groups in total. The van der Waals surface area contributed by atoms with Crippen LogP contribution in [0.15, 0.2) is 83.8 Å². The molecule has 2 aliphatic rings. The summed E-state index contributed by atoms with van der Waals surface area (Å²) in [6.45, 7) is 1.71. The van der Waals surface area contributed by atoms with E-state index >= 15 is 0 Å². The third-order valence-corrected chi connectivity index (χ3v) is 9.27. The number of fused-ring (bicyclic) bond motifs is 2. The average molecular weight is 633 g/mol. The molecule has 1 saturated heterocycles. The van der Waals surface area contributed by atoms with Crippen molar-refractivity contribution in [2.75, 3.05) is 31.6 Å². The third kappa shape index (κ3) is 5.53. The molecular weight excluding hydrogens is 596 g/mol. The molecule has 5 aromatic carbocycles. The van der Waals surface area contributed by atoms with E-state index in [9.17, 15) is 15.0 Å². The van der Waals surface area contributed by atoms with E-state index in [0.717, 1.165) is 25.8 Å². The molecule has 0 saturated carbocycles. The molecular formula is C37H36N4O6. The molecule has 3 heterocycles. The predicted molar refractivity (Wildman–Crippen MR) is 181 cm³/mol. The fourth-order valence-corrected chi connectivity index (χ4v) is 6.89. The van der Waals surface area contributed by atoms with Crippen LogP contribution in [-0.2, 0) is 11.2 Å². The van der Waals surface area contributed by atoms with Gasteiger partial charge < -0.3 is 35.1 Å². The number of rotatable bonds is 11. The third-order valence-electron chi connectivity index (χ3n) is 9.27. The van der Waals surface area contributed by atoms with Crippen LogP contribution in [0.2, 0.25) is 0 Å². The van der Waals surface area contributed by atoms with E-state index in [0.29, 0.717) is 36.1 Å². The molecule has 0 amide bonds. The van der Waals surface area contributed by atoms with Crippen LogP contribution in [0.3, 0.4) is 0 Å². The summed E-state index contributed by atoms with van der Waals surface area (Å²) >= 11 is 0. The number of anilines is 2. The van der Waals surface area contributed by atoms with Gasteiger partial charge in [0, 0.05) is 13.0 Å². The maximum absolute atomic E-state index is 12.8. The van der Waals surface area contributed by atoms with Crippen molar-refractivity contribution in [3.8, 4) is 17.2 Å². The molecule has 10 nitrogen and oxygen atoms in total. The van der Waals surface area contributed by atoms with Gasteiger partial charge in [-0.2, -0.15) is 4.98 Å². The smallest absolute Gasteiger partial charge is 0.351 e. The standard InChI is InChI=1S/C37H36N4O6/c42-21-31-27(43)19-32(47-31)41-20-30-36(40-37(41)44)39-35-28(8-4-9-29(35)46-30)45-18-17-38-16-2-1-5-22-10-11-25-13-12-23-6-3-7-24-14-15-26(22)34(25)33(23)24/h3-4,6-15,20,27,31-32,38,42-43H,1-2,5,16-19,21H2,(H,39,40,44)/t27-,31+,32+/m0/s1. The molecule has 0 unspecified atom stereocenters. The molecule has 0 spiro atoms. The minimum Gasteiger partial charge on any atom is -0.490 e. The second kappa shape index (κ2) is 12.5. The van der Waals surface area contributed by atoms with E-state index in [1.54, 1.807) is 0 Å². The molecule has 0 aliphatic carbocycles. The fourth-order valence-electron chi connectivity index (χ4n) is 6.89. The number of aromatic nitrogens is 2. The Bertz CT molecular complexity index is 2120. The van der Waals surface area contributed by atoms with Crippen molar-refractivity contribution in [3.05, 3.63) is 95.0 Å². The number of unbranched alkanes of at least 4 members (excludes halogenated alkanes) is 1.